The second-order valence-corrected chi connectivity index (χ2v) is 5.63. The van der Waals surface area contributed by atoms with Gasteiger partial charge in [-0.2, -0.15) is 10.2 Å². The molecule has 1 aliphatic heterocycles. The molecule has 9 heteroatoms. The first-order valence-electron chi connectivity index (χ1n) is 7.95. The minimum atomic E-state index is -0.128. The molecule has 130 valence electrons. The fourth-order valence-corrected chi connectivity index (χ4v) is 2.68. The Morgan fingerprint density at radius 2 is 2.16 bits per heavy atom. The number of rotatable bonds is 6. The molecule has 25 heavy (non-hydrogen) atoms. The molecule has 9 nitrogen and oxygen atoms in total. The van der Waals surface area contributed by atoms with Gasteiger partial charge >= 0.3 is 0 Å². The van der Waals surface area contributed by atoms with Crippen molar-refractivity contribution in [1.82, 2.24) is 29.5 Å². The molecule has 0 saturated carbocycles. The summed E-state index contributed by atoms with van der Waals surface area (Å²) in [5, 5.41) is 8.85. The summed E-state index contributed by atoms with van der Waals surface area (Å²) in [5.74, 6) is 2.90. The first-order valence-corrected chi connectivity index (χ1v) is 7.95. The van der Waals surface area contributed by atoms with Crippen molar-refractivity contribution in [3.05, 3.63) is 42.5 Å². The second-order valence-electron chi connectivity index (χ2n) is 5.63. The number of nitrogens with zero attached hydrogens (tertiary/aromatic N) is 6. The van der Waals surface area contributed by atoms with Gasteiger partial charge in [-0.3, -0.25) is 0 Å². The Labute approximate surface area is 144 Å². The van der Waals surface area contributed by atoms with E-state index in [1.807, 2.05) is 25.1 Å². The number of benzene rings is 1. The molecule has 0 amide bonds. The van der Waals surface area contributed by atoms with Crippen LogP contribution in [0.2, 0.25) is 0 Å². The molecule has 3 heterocycles. The van der Waals surface area contributed by atoms with Crippen molar-refractivity contribution in [2.45, 2.75) is 19.4 Å². The molecule has 0 unspecified atom stereocenters. The molecule has 0 radical (unpaired) electrons. The predicted molar refractivity (Wildman–Crippen MR) is 86.9 cm³/mol. The third-order valence-corrected chi connectivity index (χ3v) is 4.01. The normalized spacial score (nSPS) is 14.0. The van der Waals surface area contributed by atoms with E-state index in [9.17, 15) is 0 Å². The van der Waals surface area contributed by atoms with Crippen molar-refractivity contribution in [3.8, 4) is 17.2 Å². The highest BCUT2D eigenvalue weighted by Gasteiger charge is 2.21. The van der Waals surface area contributed by atoms with Gasteiger partial charge in [-0.15, -0.1) is 0 Å². The van der Waals surface area contributed by atoms with E-state index in [2.05, 4.69) is 20.2 Å². The Morgan fingerprint density at radius 3 is 2.96 bits per heavy atom. The van der Waals surface area contributed by atoms with Crippen molar-refractivity contribution >= 4 is 0 Å². The molecule has 0 N–H and O–H groups in total. The van der Waals surface area contributed by atoms with Gasteiger partial charge in [0.1, 0.15) is 18.7 Å². The molecule has 1 aliphatic rings. The summed E-state index contributed by atoms with van der Waals surface area (Å²) in [7, 11) is 1.66. The van der Waals surface area contributed by atoms with Gasteiger partial charge in [0, 0.05) is 19.6 Å². The Balaban J connectivity index is 1.75. The fourth-order valence-electron chi connectivity index (χ4n) is 2.68. The van der Waals surface area contributed by atoms with Crippen LogP contribution in [0.25, 0.3) is 5.69 Å². The van der Waals surface area contributed by atoms with Gasteiger partial charge in [-0.05, 0) is 19.1 Å². The van der Waals surface area contributed by atoms with Crippen molar-refractivity contribution in [2.75, 3.05) is 20.5 Å². The lowest BCUT2D eigenvalue weighted by atomic mass is 10.2. The van der Waals surface area contributed by atoms with Crippen LogP contribution < -0.4 is 9.47 Å². The molecule has 2 aromatic heterocycles. The number of aromatic nitrogens is 6. The summed E-state index contributed by atoms with van der Waals surface area (Å²) in [5.41, 5.74) is 0.849. The standard InChI is InChI=1S/C16H18N6O3/c1-11(21-9-17-8-18-21)16-19-15(5-6-23-2)20-22(16)12-3-4-13-14(7-12)25-10-24-13/h3-4,7-9,11H,5-6,10H2,1-2H3/t11-/m0/s1. The van der Waals surface area contributed by atoms with Crippen molar-refractivity contribution in [3.63, 3.8) is 0 Å². The average Bonchev–Trinajstić information content (AvgIpc) is 3.38. The SMILES string of the molecule is COCCc1nc([C@H](C)n2cncn2)n(-c2ccc3c(c2)OCO3)n1. The monoisotopic (exact) mass is 342 g/mol. The van der Waals surface area contributed by atoms with E-state index >= 15 is 0 Å². The molecule has 1 atom stereocenters. The highest BCUT2D eigenvalue weighted by molar-refractivity contribution is 5.50. The summed E-state index contributed by atoms with van der Waals surface area (Å²) in [6.07, 6.45) is 3.80. The van der Waals surface area contributed by atoms with E-state index in [1.165, 1.54) is 6.33 Å². The Hall–Kier alpha value is -2.94. The number of hydrogen-bond acceptors (Lipinski definition) is 7. The molecule has 3 aromatic rings. The van der Waals surface area contributed by atoms with Crippen LogP contribution in [0.3, 0.4) is 0 Å². The van der Waals surface area contributed by atoms with Crippen molar-refractivity contribution in [1.29, 1.82) is 0 Å². The molecule has 0 saturated heterocycles. The molecule has 1 aromatic carbocycles. The zero-order valence-electron chi connectivity index (χ0n) is 14.0. The van der Waals surface area contributed by atoms with Gasteiger partial charge in [0.2, 0.25) is 6.79 Å². The third-order valence-electron chi connectivity index (χ3n) is 4.01. The first-order chi connectivity index (χ1) is 12.3. The number of hydrogen-bond donors (Lipinski definition) is 0. The van der Waals surface area contributed by atoms with Crippen LogP contribution >= 0.6 is 0 Å². The van der Waals surface area contributed by atoms with Crippen LogP contribution in [0.4, 0.5) is 0 Å². The average molecular weight is 342 g/mol. The lowest BCUT2D eigenvalue weighted by Crippen LogP contribution is -2.14. The zero-order valence-corrected chi connectivity index (χ0v) is 14.0. The maximum atomic E-state index is 5.47. The van der Waals surface area contributed by atoms with Crippen molar-refractivity contribution < 1.29 is 14.2 Å². The largest absolute Gasteiger partial charge is 0.454 e. The van der Waals surface area contributed by atoms with E-state index < -0.39 is 0 Å². The molecule has 0 bridgehead atoms. The van der Waals surface area contributed by atoms with Crippen LogP contribution in [0.1, 0.15) is 24.6 Å². The predicted octanol–water partition coefficient (Wildman–Crippen LogP) is 1.39. The van der Waals surface area contributed by atoms with E-state index in [0.29, 0.717) is 24.6 Å². The fraction of sp³-hybridized carbons (Fsp3) is 0.375. The van der Waals surface area contributed by atoms with E-state index in [0.717, 1.165) is 17.3 Å². The molecular weight excluding hydrogens is 324 g/mol. The third kappa shape index (κ3) is 2.93. The van der Waals surface area contributed by atoms with E-state index in [-0.39, 0.29) is 12.8 Å². The molecule has 0 fully saturated rings. The van der Waals surface area contributed by atoms with Gasteiger partial charge in [-0.25, -0.2) is 19.3 Å². The quantitative estimate of drug-likeness (QED) is 0.668. The number of methoxy groups -OCH3 is 1. The summed E-state index contributed by atoms with van der Waals surface area (Å²) in [6, 6.07) is 5.57. The lowest BCUT2D eigenvalue weighted by molar-refractivity contribution is 0.174. The molecular formula is C16H18N6O3. The number of fused-ring (bicyclic) bond motifs is 1. The summed E-state index contributed by atoms with van der Waals surface area (Å²) >= 11 is 0. The molecule has 4 rings (SSSR count). The molecule has 0 aliphatic carbocycles. The van der Waals surface area contributed by atoms with Crippen LogP contribution in [0.5, 0.6) is 11.5 Å². The van der Waals surface area contributed by atoms with Crippen LogP contribution in [-0.2, 0) is 11.2 Å². The summed E-state index contributed by atoms with van der Waals surface area (Å²) < 4.78 is 19.5. The highest BCUT2D eigenvalue weighted by Crippen LogP contribution is 2.34. The van der Waals surface area contributed by atoms with Crippen molar-refractivity contribution in [2.24, 2.45) is 0 Å². The minimum absolute atomic E-state index is 0.128. The number of ether oxygens (including phenoxy) is 3. The van der Waals surface area contributed by atoms with Crippen LogP contribution in [0, 0.1) is 0 Å². The van der Waals surface area contributed by atoms with Gasteiger partial charge < -0.3 is 14.2 Å². The van der Waals surface area contributed by atoms with Gasteiger partial charge in [0.25, 0.3) is 0 Å². The Bertz CT molecular complexity index is 861. The maximum Gasteiger partial charge on any atom is 0.231 e. The minimum Gasteiger partial charge on any atom is -0.454 e. The topological polar surface area (TPSA) is 89.1 Å². The van der Waals surface area contributed by atoms with Crippen LogP contribution in [0.15, 0.2) is 30.9 Å². The smallest absolute Gasteiger partial charge is 0.231 e. The maximum absolute atomic E-state index is 5.47. The van der Waals surface area contributed by atoms with Gasteiger partial charge in [0.05, 0.1) is 12.3 Å². The molecule has 0 spiro atoms. The summed E-state index contributed by atoms with van der Waals surface area (Å²) in [4.78, 5) is 8.70. The van der Waals surface area contributed by atoms with Crippen LogP contribution in [-0.4, -0.2) is 50.0 Å². The Kier molecular flexibility index (Phi) is 4.06. The lowest BCUT2D eigenvalue weighted by Gasteiger charge is -2.12. The Morgan fingerprint density at radius 1 is 1.28 bits per heavy atom. The van der Waals surface area contributed by atoms with Gasteiger partial charge in [-0.1, -0.05) is 0 Å². The highest BCUT2D eigenvalue weighted by atomic mass is 16.7. The van der Waals surface area contributed by atoms with Gasteiger partial charge in [0.15, 0.2) is 23.1 Å². The van der Waals surface area contributed by atoms with E-state index in [4.69, 9.17) is 14.2 Å². The first kappa shape index (κ1) is 15.6. The zero-order chi connectivity index (χ0) is 17.2. The van der Waals surface area contributed by atoms with E-state index in [1.54, 1.807) is 22.8 Å². The summed E-state index contributed by atoms with van der Waals surface area (Å²) in [6.45, 7) is 2.79. The second kappa shape index (κ2) is 6.52.